The molecule has 0 aliphatic carbocycles. The third-order valence-electron chi connectivity index (χ3n) is 3.77. The van der Waals surface area contributed by atoms with E-state index in [0.29, 0.717) is 5.69 Å². The Morgan fingerprint density at radius 3 is 2.56 bits per heavy atom. The molecule has 130 valence electrons. The first-order valence-electron chi connectivity index (χ1n) is 7.97. The standard InChI is InChI=1S/C17H19N5O2S/c1-12(2)16(14-9-6-10-25-14)18-15(23)11-21-17(24)22(20-19-21)13-7-4-3-5-8-13/h3-10,12,16H,11H2,1-2H3,(H,18,23). The highest BCUT2D eigenvalue weighted by Gasteiger charge is 2.20. The number of benzene rings is 1. The Balaban J connectivity index is 1.73. The highest BCUT2D eigenvalue weighted by atomic mass is 32.1. The molecule has 3 rings (SSSR count). The summed E-state index contributed by atoms with van der Waals surface area (Å²) >= 11 is 1.60. The van der Waals surface area contributed by atoms with Crippen molar-refractivity contribution in [1.82, 2.24) is 25.1 Å². The second-order valence-corrected chi connectivity index (χ2v) is 6.95. The van der Waals surface area contributed by atoms with Crippen molar-refractivity contribution >= 4 is 17.2 Å². The van der Waals surface area contributed by atoms with E-state index in [1.807, 2.05) is 49.6 Å². The first kappa shape index (κ1) is 17.1. The quantitative estimate of drug-likeness (QED) is 0.732. The van der Waals surface area contributed by atoms with Gasteiger partial charge < -0.3 is 5.32 Å². The molecule has 1 aromatic carbocycles. The van der Waals surface area contributed by atoms with E-state index in [9.17, 15) is 9.59 Å². The maximum atomic E-state index is 12.4. The molecule has 0 aliphatic rings. The zero-order valence-corrected chi connectivity index (χ0v) is 14.8. The number of nitrogens with one attached hydrogen (secondary N) is 1. The number of hydrogen-bond donors (Lipinski definition) is 1. The Kier molecular flexibility index (Phi) is 5.08. The first-order chi connectivity index (χ1) is 12.1. The van der Waals surface area contributed by atoms with Crippen molar-refractivity contribution in [2.24, 2.45) is 5.92 Å². The van der Waals surface area contributed by atoms with Crippen molar-refractivity contribution in [1.29, 1.82) is 0 Å². The number of tetrazole rings is 1. The lowest BCUT2D eigenvalue weighted by atomic mass is 10.0. The Labute approximate surface area is 148 Å². The minimum atomic E-state index is -0.446. The summed E-state index contributed by atoms with van der Waals surface area (Å²) in [6.45, 7) is 3.92. The largest absolute Gasteiger partial charge is 0.368 e. The molecule has 0 saturated heterocycles. The van der Waals surface area contributed by atoms with E-state index in [-0.39, 0.29) is 24.4 Å². The SMILES string of the molecule is CC(C)C(NC(=O)Cn1nnn(-c2ccccc2)c1=O)c1cccs1. The van der Waals surface area contributed by atoms with E-state index in [4.69, 9.17) is 0 Å². The lowest BCUT2D eigenvalue weighted by Crippen LogP contribution is -2.37. The Morgan fingerprint density at radius 1 is 1.16 bits per heavy atom. The highest BCUT2D eigenvalue weighted by molar-refractivity contribution is 7.10. The minimum Gasteiger partial charge on any atom is -0.347 e. The lowest BCUT2D eigenvalue weighted by molar-refractivity contribution is -0.123. The van der Waals surface area contributed by atoms with Gasteiger partial charge in [-0.3, -0.25) is 4.79 Å². The van der Waals surface area contributed by atoms with Gasteiger partial charge in [-0.1, -0.05) is 38.1 Å². The number of aromatic nitrogens is 4. The molecular weight excluding hydrogens is 338 g/mol. The number of nitrogens with zero attached hydrogens (tertiary/aromatic N) is 4. The van der Waals surface area contributed by atoms with E-state index in [0.717, 1.165) is 9.56 Å². The lowest BCUT2D eigenvalue weighted by Gasteiger charge is -2.21. The second-order valence-electron chi connectivity index (χ2n) is 5.97. The van der Waals surface area contributed by atoms with E-state index < -0.39 is 5.69 Å². The third kappa shape index (κ3) is 3.85. The zero-order valence-electron chi connectivity index (χ0n) is 14.0. The van der Waals surface area contributed by atoms with Gasteiger partial charge in [0, 0.05) is 4.88 Å². The normalized spacial score (nSPS) is 12.3. The third-order valence-corrected chi connectivity index (χ3v) is 4.72. The van der Waals surface area contributed by atoms with Crippen molar-refractivity contribution in [3.63, 3.8) is 0 Å². The molecule has 1 atom stereocenters. The van der Waals surface area contributed by atoms with E-state index >= 15 is 0 Å². The Bertz CT molecular complexity index is 883. The summed E-state index contributed by atoms with van der Waals surface area (Å²) in [4.78, 5) is 25.8. The molecule has 0 radical (unpaired) electrons. The fraction of sp³-hybridized carbons (Fsp3) is 0.294. The van der Waals surface area contributed by atoms with Crippen LogP contribution in [0.2, 0.25) is 0 Å². The number of hydrogen-bond acceptors (Lipinski definition) is 5. The molecule has 8 heteroatoms. The summed E-state index contributed by atoms with van der Waals surface area (Å²) in [5.74, 6) is -0.0337. The van der Waals surface area contributed by atoms with Gasteiger partial charge in [0.05, 0.1) is 11.7 Å². The van der Waals surface area contributed by atoms with Crippen LogP contribution in [0.25, 0.3) is 5.69 Å². The molecule has 0 spiro atoms. The topological polar surface area (TPSA) is 81.8 Å². The smallest absolute Gasteiger partial charge is 0.347 e. The van der Waals surface area contributed by atoms with Crippen molar-refractivity contribution in [2.45, 2.75) is 26.4 Å². The van der Waals surface area contributed by atoms with Crippen molar-refractivity contribution in [3.8, 4) is 5.69 Å². The Morgan fingerprint density at radius 2 is 1.92 bits per heavy atom. The summed E-state index contributed by atoms with van der Waals surface area (Å²) in [6.07, 6.45) is 0. The average molecular weight is 357 g/mol. The van der Waals surface area contributed by atoms with Gasteiger partial charge >= 0.3 is 5.69 Å². The van der Waals surface area contributed by atoms with E-state index in [1.165, 1.54) is 4.68 Å². The second kappa shape index (κ2) is 7.43. The van der Waals surface area contributed by atoms with E-state index in [2.05, 4.69) is 15.7 Å². The van der Waals surface area contributed by atoms with Gasteiger partial charge in [-0.25, -0.2) is 4.79 Å². The molecule has 7 nitrogen and oxygen atoms in total. The predicted octanol–water partition coefficient (Wildman–Crippen LogP) is 2.00. The van der Waals surface area contributed by atoms with Gasteiger partial charge in [-0.05, 0) is 39.9 Å². The molecule has 2 aromatic heterocycles. The highest BCUT2D eigenvalue weighted by Crippen LogP contribution is 2.25. The van der Waals surface area contributed by atoms with Crippen LogP contribution in [0.5, 0.6) is 0 Å². The molecule has 1 amide bonds. The van der Waals surface area contributed by atoms with Crippen LogP contribution in [0, 0.1) is 5.92 Å². The molecule has 0 aliphatic heterocycles. The zero-order chi connectivity index (χ0) is 17.8. The molecule has 0 saturated carbocycles. The summed E-state index contributed by atoms with van der Waals surface area (Å²) < 4.78 is 2.24. The van der Waals surface area contributed by atoms with Gasteiger partial charge in [0.2, 0.25) is 5.91 Å². The van der Waals surface area contributed by atoms with Crippen molar-refractivity contribution < 1.29 is 4.79 Å². The molecule has 1 unspecified atom stereocenters. The van der Waals surface area contributed by atoms with Crippen LogP contribution < -0.4 is 11.0 Å². The van der Waals surface area contributed by atoms with Crippen molar-refractivity contribution in [2.75, 3.05) is 0 Å². The van der Waals surface area contributed by atoms with Crippen LogP contribution in [0.3, 0.4) is 0 Å². The molecule has 0 fully saturated rings. The van der Waals surface area contributed by atoms with Crippen LogP contribution in [0.4, 0.5) is 0 Å². The molecular formula is C17H19N5O2S. The average Bonchev–Trinajstić information content (AvgIpc) is 3.24. The molecule has 0 bridgehead atoms. The van der Waals surface area contributed by atoms with Gasteiger partial charge in [0.1, 0.15) is 6.54 Å². The van der Waals surface area contributed by atoms with Crippen LogP contribution in [0.15, 0.2) is 52.6 Å². The summed E-state index contributed by atoms with van der Waals surface area (Å²) in [5.41, 5.74) is 0.163. The van der Waals surface area contributed by atoms with E-state index in [1.54, 1.807) is 23.5 Å². The summed E-state index contributed by atoms with van der Waals surface area (Å²) in [7, 11) is 0. The predicted molar refractivity (Wildman–Crippen MR) is 95.7 cm³/mol. The van der Waals surface area contributed by atoms with Gasteiger partial charge in [-0.2, -0.15) is 9.36 Å². The van der Waals surface area contributed by atoms with Gasteiger partial charge in [-0.15, -0.1) is 11.3 Å². The van der Waals surface area contributed by atoms with Gasteiger partial charge in [0.15, 0.2) is 0 Å². The van der Waals surface area contributed by atoms with Crippen LogP contribution in [0.1, 0.15) is 24.8 Å². The number of amides is 1. The van der Waals surface area contributed by atoms with Crippen LogP contribution >= 0.6 is 11.3 Å². The molecule has 25 heavy (non-hydrogen) atoms. The monoisotopic (exact) mass is 357 g/mol. The van der Waals surface area contributed by atoms with Crippen LogP contribution in [-0.4, -0.2) is 25.7 Å². The number of carbonyl (C=O) groups excluding carboxylic acids is 1. The van der Waals surface area contributed by atoms with Crippen molar-refractivity contribution in [3.05, 3.63) is 63.2 Å². The summed E-state index contributed by atoms with van der Waals surface area (Å²) in [5, 5.41) is 12.6. The fourth-order valence-corrected chi connectivity index (χ4v) is 3.44. The number of carbonyl (C=O) groups is 1. The van der Waals surface area contributed by atoms with Crippen LogP contribution in [-0.2, 0) is 11.3 Å². The number of rotatable bonds is 6. The maximum Gasteiger partial charge on any atom is 0.368 e. The first-order valence-corrected chi connectivity index (χ1v) is 8.85. The molecule has 2 heterocycles. The fourth-order valence-electron chi connectivity index (χ4n) is 2.49. The molecule has 3 aromatic rings. The van der Waals surface area contributed by atoms with Gasteiger partial charge in [0.25, 0.3) is 0 Å². The number of para-hydroxylation sites is 1. The maximum absolute atomic E-state index is 12.4. The minimum absolute atomic E-state index is 0.0904. The summed E-state index contributed by atoms with van der Waals surface area (Å²) in [6, 6.07) is 12.8. The number of thiophene rings is 1. The molecule has 1 N–H and O–H groups in total. The Hall–Kier alpha value is -2.74.